The minimum absolute atomic E-state index is 0.130. The molecular formula is C27H33F2N4O2+. The first-order valence-corrected chi connectivity index (χ1v) is 12.2. The highest BCUT2D eigenvalue weighted by atomic mass is 19.1. The quantitative estimate of drug-likeness (QED) is 0.438. The third kappa shape index (κ3) is 6.32. The molecule has 1 aliphatic rings. The van der Waals surface area contributed by atoms with Crippen LogP contribution >= 0.6 is 0 Å². The number of nitrogens with zero attached hydrogens (tertiary/aromatic N) is 2. The molecule has 1 aliphatic carbocycles. The van der Waals surface area contributed by atoms with Crippen LogP contribution in [-0.2, 0) is 16.8 Å². The van der Waals surface area contributed by atoms with Crippen LogP contribution in [0.1, 0.15) is 50.2 Å². The number of amides is 1. The van der Waals surface area contributed by atoms with Gasteiger partial charge in [-0.2, -0.15) is 5.10 Å². The van der Waals surface area contributed by atoms with Crippen LogP contribution in [0.5, 0.6) is 0 Å². The Morgan fingerprint density at radius 2 is 1.89 bits per heavy atom. The van der Waals surface area contributed by atoms with E-state index in [4.69, 9.17) is 0 Å². The maximum absolute atomic E-state index is 13.7. The summed E-state index contributed by atoms with van der Waals surface area (Å²) in [5, 5.41) is 20.4. The topological polar surface area (TPSA) is 83.8 Å². The summed E-state index contributed by atoms with van der Waals surface area (Å²) in [6, 6.07) is 12.8. The molecule has 2 atom stereocenters. The fourth-order valence-electron chi connectivity index (χ4n) is 5.21. The molecule has 1 saturated carbocycles. The standard InChI is InChI=1S/C27H32F2N4O2/c1-19(34)32-25(15-20-13-22(28)17-23(29)14-20)26(35)18-30-27(9-3-2-4-10-27)21-7-5-8-24(16-21)33-12-6-11-31-33/h5-8,11-14,16-17,25-26,30,35H,2-4,9-10,15,18H2,1H3,(H,32,34)/p+1/t25-,26+/m0/s1. The van der Waals surface area contributed by atoms with Gasteiger partial charge in [-0.25, -0.2) is 13.5 Å². The first-order chi connectivity index (χ1) is 16.8. The van der Waals surface area contributed by atoms with Crippen LogP contribution < -0.4 is 10.6 Å². The number of nitrogens with one attached hydrogen (secondary N) is 1. The van der Waals surface area contributed by atoms with Crippen molar-refractivity contribution in [2.45, 2.75) is 63.1 Å². The Morgan fingerprint density at radius 3 is 2.54 bits per heavy atom. The van der Waals surface area contributed by atoms with Crippen LogP contribution in [0.3, 0.4) is 0 Å². The van der Waals surface area contributed by atoms with Crippen molar-refractivity contribution >= 4 is 5.91 Å². The second-order valence-corrected chi connectivity index (χ2v) is 9.51. The number of nitrogens with two attached hydrogens (primary N) is 1. The van der Waals surface area contributed by atoms with E-state index in [-0.39, 0.29) is 17.9 Å². The summed E-state index contributed by atoms with van der Waals surface area (Å²) in [5.41, 5.74) is 2.35. The normalized spacial score (nSPS) is 17.0. The average Bonchev–Trinajstić information content (AvgIpc) is 3.37. The lowest BCUT2D eigenvalue weighted by Crippen LogP contribution is -2.97. The van der Waals surface area contributed by atoms with Crippen LogP contribution in [0.4, 0.5) is 8.78 Å². The molecule has 0 unspecified atom stereocenters. The number of carbonyl (C=O) groups excluding carboxylic acids is 1. The Balaban J connectivity index is 1.53. The number of hydrogen-bond acceptors (Lipinski definition) is 3. The van der Waals surface area contributed by atoms with Crippen LogP contribution in [0.25, 0.3) is 5.69 Å². The zero-order chi connectivity index (χ0) is 24.8. The van der Waals surface area contributed by atoms with Gasteiger partial charge in [0.2, 0.25) is 5.91 Å². The minimum atomic E-state index is -0.904. The zero-order valence-corrected chi connectivity index (χ0v) is 20.0. The Hall–Kier alpha value is -3.10. The van der Waals surface area contributed by atoms with Crippen molar-refractivity contribution in [3.63, 3.8) is 0 Å². The Labute approximate surface area is 204 Å². The molecule has 4 N–H and O–H groups in total. The summed E-state index contributed by atoms with van der Waals surface area (Å²) in [6.45, 7) is 1.72. The van der Waals surface area contributed by atoms with E-state index in [2.05, 4.69) is 27.9 Å². The smallest absolute Gasteiger partial charge is 0.217 e. The lowest BCUT2D eigenvalue weighted by molar-refractivity contribution is -0.745. The zero-order valence-electron chi connectivity index (χ0n) is 20.0. The summed E-state index contributed by atoms with van der Waals surface area (Å²) < 4.78 is 29.2. The molecule has 0 saturated heterocycles. The van der Waals surface area contributed by atoms with Crippen molar-refractivity contribution in [2.24, 2.45) is 0 Å². The molecule has 1 aromatic heterocycles. The Morgan fingerprint density at radius 1 is 1.14 bits per heavy atom. The second-order valence-electron chi connectivity index (χ2n) is 9.51. The summed E-state index contributed by atoms with van der Waals surface area (Å²) in [5.74, 6) is -1.66. The van der Waals surface area contributed by atoms with Gasteiger partial charge in [0, 0.05) is 43.8 Å². The van der Waals surface area contributed by atoms with E-state index in [0.717, 1.165) is 37.4 Å². The summed E-state index contributed by atoms with van der Waals surface area (Å²) in [4.78, 5) is 11.8. The fourth-order valence-corrected chi connectivity index (χ4v) is 5.21. The maximum Gasteiger partial charge on any atom is 0.217 e. The van der Waals surface area contributed by atoms with E-state index < -0.39 is 23.8 Å². The van der Waals surface area contributed by atoms with E-state index in [9.17, 15) is 18.7 Å². The first kappa shape index (κ1) is 25.0. The molecule has 6 nitrogen and oxygen atoms in total. The number of aliphatic hydroxyl groups is 1. The number of aliphatic hydroxyl groups excluding tert-OH is 1. The van der Waals surface area contributed by atoms with E-state index in [1.54, 1.807) is 6.20 Å². The lowest BCUT2D eigenvalue weighted by Gasteiger charge is -2.37. The van der Waals surface area contributed by atoms with E-state index in [1.165, 1.54) is 31.0 Å². The second kappa shape index (κ2) is 11.1. The number of hydrogen-bond donors (Lipinski definition) is 3. The van der Waals surface area contributed by atoms with Crippen molar-refractivity contribution in [3.8, 4) is 5.69 Å². The molecule has 2 aromatic carbocycles. The molecule has 1 amide bonds. The van der Waals surface area contributed by atoms with Crippen molar-refractivity contribution in [2.75, 3.05) is 6.54 Å². The predicted octanol–water partition coefficient (Wildman–Crippen LogP) is 2.98. The summed E-state index contributed by atoms with van der Waals surface area (Å²) in [7, 11) is 0. The minimum Gasteiger partial charge on any atom is -0.385 e. The fraction of sp³-hybridized carbons (Fsp3) is 0.407. The molecule has 0 spiro atoms. The molecule has 0 aliphatic heterocycles. The third-order valence-electron chi connectivity index (χ3n) is 6.92. The third-order valence-corrected chi connectivity index (χ3v) is 6.92. The highest BCUT2D eigenvalue weighted by molar-refractivity contribution is 5.73. The highest BCUT2D eigenvalue weighted by Gasteiger charge is 2.39. The van der Waals surface area contributed by atoms with Crippen molar-refractivity contribution in [1.82, 2.24) is 15.1 Å². The number of quaternary nitrogens is 1. The Kier molecular flexibility index (Phi) is 7.93. The molecule has 8 heteroatoms. The van der Waals surface area contributed by atoms with Crippen molar-refractivity contribution in [3.05, 3.63) is 83.7 Å². The highest BCUT2D eigenvalue weighted by Crippen LogP contribution is 2.34. The Bertz CT molecular complexity index is 1110. The van der Waals surface area contributed by atoms with Crippen LogP contribution in [-0.4, -0.2) is 39.5 Å². The maximum atomic E-state index is 13.7. The number of rotatable bonds is 9. The van der Waals surface area contributed by atoms with Gasteiger partial charge in [-0.05, 0) is 55.2 Å². The van der Waals surface area contributed by atoms with Gasteiger partial charge < -0.3 is 15.7 Å². The van der Waals surface area contributed by atoms with Gasteiger partial charge >= 0.3 is 0 Å². The average molecular weight is 484 g/mol. The van der Waals surface area contributed by atoms with E-state index in [1.807, 2.05) is 29.1 Å². The molecule has 0 bridgehead atoms. The molecule has 0 radical (unpaired) electrons. The number of carbonyl (C=O) groups is 1. The van der Waals surface area contributed by atoms with Crippen LogP contribution in [0, 0.1) is 11.6 Å². The molecule has 3 aromatic rings. The van der Waals surface area contributed by atoms with E-state index in [0.29, 0.717) is 12.1 Å². The number of benzene rings is 2. The van der Waals surface area contributed by atoms with Gasteiger partial charge in [0.15, 0.2) is 0 Å². The molecule has 186 valence electrons. The van der Waals surface area contributed by atoms with Crippen molar-refractivity contribution < 1.29 is 24.0 Å². The first-order valence-electron chi connectivity index (χ1n) is 12.2. The number of aromatic nitrogens is 2. The van der Waals surface area contributed by atoms with Gasteiger partial charge in [-0.15, -0.1) is 0 Å². The van der Waals surface area contributed by atoms with Gasteiger partial charge in [-0.3, -0.25) is 4.79 Å². The van der Waals surface area contributed by atoms with Crippen LogP contribution in [0.15, 0.2) is 60.9 Å². The summed E-state index contributed by atoms with van der Waals surface area (Å²) >= 11 is 0. The van der Waals surface area contributed by atoms with Gasteiger partial charge in [0.25, 0.3) is 0 Å². The van der Waals surface area contributed by atoms with Crippen LogP contribution in [0.2, 0.25) is 0 Å². The lowest BCUT2D eigenvalue weighted by atomic mass is 9.76. The SMILES string of the molecule is CC(=O)N[C@@H](Cc1cc(F)cc(F)c1)[C@H](O)C[NH2+]C1(c2cccc(-n3cccn3)c2)CCCCC1. The van der Waals surface area contributed by atoms with Gasteiger partial charge in [0.1, 0.15) is 29.8 Å². The molecular weight excluding hydrogens is 450 g/mol. The summed E-state index contributed by atoms with van der Waals surface area (Å²) in [6.07, 6.45) is 8.20. The molecule has 1 heterocycles. The van der Waals surface area contributed by atoms with Gasteiger partial charge in [0.05, 0.1) is 11.7 Å². The molecule has 4 rings (SSSR count). The van der Waals surface area contributed by atoms with Gasteiger partial charge in [-0.1, -0.05) is 18.6 Å². The molecule has 35 heavy (non-hydrogen) atoms. The predicted molar refractivity (Wildman–Crippen MR) is 129 cm³/mol. The van der Waals surface area contributed by atoms with E-state index >= 15 is 0 Å². The number of halogens is 2. The monoisotopic (exact) mass is 483 g/mol. The molecule has 1 fully saturated rings. The largest absolute Gasteiger partial charge is 0.385 e. The van der Waals surface area contributed by atoms with Crippen molar-refractivity contribution in [1.29, 1.82) is 0 Å².